The number of H-pyrrole nitrogens is 1. The van der Waals surface area contributed by atoms with Crippen molar-refractivity contribution in [1.82, 2.24) is 9.55 Å². The first-order valence-electron chi connectivity index (χ1n) is 6.50. The Morgan fingerprint density at radius 2 is 2.22 bits per heavy atom. The molecule has 0 aromatic carbocycles. The SMILES string of the molecule is C#CCOC1C(O[PH](=O)O)[C@@H](CO)O[C@H]1n1ccc(=O)[nH]c1=O. The molecule has 1 aliphatic heterocycles. The lowest BCUT2D eigenvalue weighted by Crippen LogP contribution is -2.40. The molecule has 0 spiro atoms. The van der Waals surface area contributed by atoms with E-state index in [4.69, 9.17) is 25.3 Å². The Bertz CT molecular complexity index is 723. The molecule has 1 aromatic heterocycles. The van der Waals surface area contributed by atoms with Crippen LogP contribution in [0.5, 0.6) is 0 Å². The highest BCUT2D eigenvalue weighted by atomic mass is 31.1. The number of aromatic nitrogens is 2. The fraction of sp³-hybridized carbons (Fsp3) is 0.500. The number of hydrogen-bond acceptors (Lipinski definition) is 7. The number of aromatic amines is 1. The molecular formula is C12H15N2O8P. The van der Waals surface area contributed by atoms with Gasteiger partial charge < -0.3 is 24.0 Å². The Labute approximate surface area is 130 Å². The average molecular weight is 346 g/mol. The van der Waals surface area contributed by atoms with Gasteiger partial charge >= 0.3 is 13.9 Å². The molecule has 11 heteroatoms. The summed E-state index contributed by atoms with van der Waals surface area (Å²) < 4.78 is 27.7. The Balaban J connectivity index is 2.39. The van der Waals surface area contributed by atoms with Gasteiger partial charge in [0.05, 0.1) is 6.61 Å². The minimum absolute atomic E-state index is 0.174. The van der Waals surface area contributed by atoms with Gasteiger partial charge in [-0.05, 0) is 0 Å². The van der Waals surface area contributed by atoms with Crippen molar-refractivity contribution in [3.05, 3.63) is 33.1 Å². The summed E-state index contributed by atoms with van der Waals surface area (Å²) in [6.45, 7) is -0.711. The molecular weight excluding hydrogens is 331 g/mol. The van der Waals surface area contributed by atoms with Crippen molar-refractivity contribution in [1.29, 1.82) is 0 Å². The zero-order chi connectivity index (χ0) is 17.0. The average Bonchev–Trinajstić information content (AvgIpc) is 2.82. The smallest absolute Gasteiger partial charge is 0.330 e. The van der Waals surface area contributed by atoms with E-state index < -0.39 is 50.7 Å². The van der Waals surface area contributed by atoms with Crippen molar-refractivity contribution in [3.63, 3.8) is 0 Å². The molecule has 0 bridgehead atoms. The van der Waals surface area contributed by atoms with Crippen molar-refractivity contribution >= 4 is 8.25 Å². The zero-order valence-electron chi connectivity index (χ0n) is 11.7. The second-order valence-electron chi connectivity index (χ2n) is 4.59. The van der Waals surface area contributed by atoms with Gasteiger partial charge in [-0.3, -0.25) is 18.9 Å². The molecule has 3 N–H and O–H groups in total. The van der Waals surface area contributed by atoms with Crippen LogP contribution in [0, 0.1) is 12.3 Å². The number of aliphatic hydroxyl groups excluding tert-OH is 1. The summed E-state index contributed by atoms with van der Waals surface area (Å²) in [7, 11) is -3.36. The minimum atomic E-state index is -3.36. The quantitative estimate of drug-likeness (QED) is 0.405. The number of nitrogens with one attached hydrogen (secondary N) is 1. The molecule has 1 saturated heterocycles. The molecule has 0 radical (unpaired) electrons. The summed E-state index contributed by atoms with van der Waals surface area (Å²) in [5, 5.41) is 9.35. The number of terminal acetylenes is 1. The van der Waals surface area contributed by atoms with Crippen molar-refractivity contribution < 1.29 is 28.6 Å². The maximum Gasteiger partial charge on any atom is 0.330 e. The molecule has 5 atom stereocenters. The zero-order valence-corrected chi connectivity index (χ0v) is 12.7. The normalized spacial score (nSPS) is 28.4. The maximum absolute atomic E-state index is 11.9. The maximum atomic E-state index is 11.9. The van der Waals surface area contributed by atoms with Crippen LogP contribution in [0.4, 0.5) is 0 Å². The first-order valence-corrected chi connectivity index (χ1v) is 7.76. The van der Waals surface area contributed by atoms with Crippen LogP contribution in [0.15, 0.2) is 21.9 Å². The fourth-order valence-electron chi connectivity index (χ4n) is 2.29. The molecule has 2 rings (SSSR count). The number of ether oxygens (including phenoxy) is 2. The van der Waals surface area contributed by atoms with Crippen molar-refractivity contribution in [2.45, 2.75) is 24.5 Å². The van der Waals surface area contributed by atoms with Crippen LogP contribution in [-0.4, -0.2) is 51.1 Å². The van der Waals surface area contributed by atoms with Crippen molar-refractivity contribution in [2.24, 2.45) is 0 Å². The van der Waals surface area contributed by atoms with Gasteiger partial charge in [-0.15, -0.1) is 6.42 Å². The number of aliphatic hydroxyl groups is 1. The molecule has 10 nitrogen and oxygen atoms in total. The number of rotatable bonds is 6. The lowest BCUT2D eigenvalue weighted by atomic mass is 10.1. The molecule has 23 heavy (non-hydrogen) atoms. The van der Waals surface area contributed by atoms with Crippen LogP contribution in [-0.2, 0) is 18.6 Å². The highest BCUT2D eigenvalue weighted by Gasteiger charge is 2.48. The van der Waals surface area contributed by atoms with Gasteiger partial charge in [0.1, 0.15) is 24.9 Å². The Hall–Kier alpha value is -1.73. The first kappa shape index (κ1) is 17.6. The fourth-order valence-corrected chi connectivity index (χ4v) is 2.81. The lowest BCUT2D eigenvalue weighted by Gasteiger charge is -2.23. The summed E-state index contributed by atoms with van der Waals surface area (Å²) >= 11 is 0. The molecule has 0 aliphatic carbocycles. The number of hydrogen-bond donors (Lipinski definition) is 3. The van der Waals surface area contributed by atoms with E-state index >= 15 is 0 Å². The Morgan fingerprint density at radius 3 is 2.78 bits per heavy atom. The molecule has 1 fully saturated rings. The second-order valence-corrected chi connectivity index (χ2v) is 5.36. The van der Waals surface area contributed by atoms with Crippen molar-refractivity contribution in [2.75, 3.05) is 13.2 Å². The first-order chi connectivity index (χ1) is 11.0. The van der Waals surface area contributed by atoms with Crippen LogP contribution in [0.3, 0.4) is 0 Å². The summed E-state index contributed by atoms with van der Waals surface area (Å²) in [4.78, 5) is 34.1. The van der Waals surface area contributed by atoms with Crippen LogP contribution in [0.1, 0.15) is 6.23 Å². The summed E-state index contributed by atoms with van der Waals surface area (Å²) in [5.41, 5.74) is -1.37. The van der Waals surface area contributed by atoms with E-state index in [1.54, 1.807) is 0 Å². The molecule has 0 saturated carbocycles. The van der Waals surface area contributed by atoms with Crippen LogP contribution in [0.2, 0.25) is 0 Å². The third kappa shape index (κ3) is 3.97. The molecule has 3 unspecified atom stereocenters. The van der Waals surface area contributed by atoms with E-state index in [1.807, 2.05) is 4.98 Å². The van der Waals surface area contributed by atoms with E-state index in [0.29, 0.717) is 0 Å². The summed E-state index contributed by atoms with van der Waals surface area (Å²) in [5.74, 6) is 2.22. The van der Waals surface area contributed by atoms with Gasteiger partial charge in [0.15, 0.2) is 6.23 Å². The summed E-state index contributed by atoms with van der Waals surface area (Å²) in [6, 6.07) is 1.10. The van der Waals surface area contributed by atoms with E-state index in [0.717, 1.165) is 10.6 Å². The lowest BCUT2D eigenvalue weighted by molar-refractivity contribution is -0.0676. The van der Waals surface area contributed by atoms with Crippen molar-refractivity contribution in [3.8, 4) is 12.3 Å². The van der Waals surface area contributed by atoms with Gasteiger partial charge in [0, 0.05) is 12.3 Å². The van der Waals surface area contributed by atoms with Gasteiger partial charge in [-0.1, -0.05) is 5.92 Å². The van der Waals surface area contributed by atoms with E-state index in [-0.39, 0.29) is 6.61 Å². The monoisotopic (exact) mass is 346 g/mol. The van der Waals surface area contributed by atoms with Crippen LogP contribution >= 0.6 is 8.25 Å². The Morgan fingerprint density at radius 1 is 1.48 bits per heavy atom. The highest BCUT2D eigenvalue weighted by Crippen LogP contribution is 2.36. The van der Waals surface area contributed by atoms with Gasteiger partial charge in [0.25, 0.3) is 5.56 Å². The van der Waals surface area contributed by atoms with E-state index in [9.17, 15) is 19.3 Å². The third-order valence-corrected chi connectivity index (χ3v) is 3.66. The molecule has 1 aliphatic rings. The molecule has 2 heterocycles. The predicted octanol–water partition coefficient (Wildman–Crippen LogP) is -1.79. The number of nitrogens with zero attached hydrogens (tertiary/aromatic N) is 1. The third-order valence-electron chi connectivity index (χ3n) is 3.19. The molecule has 0 amide bonds. The second kappa shape index (κ2) is 7.70. The minimum Gasteiger partial charge on any atom is -0.394 e. The summed E-state index contributed by atoms with van der Waals surface area (Å²) in [6.07, 6.45) is 2.04. The van der Waals surface area contributed by atoms with Gasteiger partial charge in [-0.25, -0.2) is 4.79 Å². The van der Waals surface area contributed by atoms with Gasteiger partial charge in [0.2, 0.25) is 0 Å². The topological polar surface area (TPSA) is 140 Å². The van der Waals surface area contributed by atoms with Crippen LogP contribution < -0.4 is 11.2 Å². The highest BCUT2D eigenvalue weighted by molar-refractivity contribution is 7.32. The predicted molar refractivity (Wildman–Crippen MR) is 77.0 cm³/mol. The van der Waals surface area contributed by atoms with E-state index in [2.05, 4.69) is 5.92 Å². The molecule has 1 aromatic rings. The van der Waals surface area contributed by atoms with Crippen LogP contribution in [0.25, 0.3) is 0 Å². The van der Waals surface area contributed by atoms with E-state index in [1.165, 1.54) is 6.20 Å². The van der Waals surface area contributed by atoms with Gasteiger partial charge in [-0.2, -0.15) is 0 Å². The standard InChI is InChI=1S/C12H15N2O8P/c1-2-5-20-10-9(22-23(18)19)7(6-15)21-11(10)14-4-3-8(16)13-12(14)17/h1,3-4,7,9-11,15,23H,5-6H2,(H,18,19)(H,13,16,17)/t7-,9?,10?,11-/m1/s1. The Kier molecular flexibility index (Phi) is 5.90. The largest absolute Gasteiger partial charge is 0.394 e. The molecule has 126 valence electrons.